The second kappa shape index (κ2) is 7.20. The van der Waals surface area contributed by atoms with Crippen molar-refractivity contribution in [2.75, 3.05) is 18.2 Å². The number of benzene rings is 1. The maximum absolute atomic E-state index is 12.5. The zero-order chi connectivity index (χ0) is 18.7. The molecule has 0 spiro atoms. The number of hydrogen-bond acceptors (Lipinski definition) is 6. The van der Waals surface area contributed by atoms with Gasteiger partial charge >= 0.3 is 0 Å². The first-order chi connectivity index (χ1) is 11.8. The minimum Gasteiger partial charge on any atom is -0.481 e. The van der Waals surface area contributed by atoms with Gasteiger partial charge in [0.1, 0.15) is 16.9 Å². The lowest BCUT2D eigenvalue weighted by Crippen LogP contribution is -2.17. The van der Waals surface area contributed by atoms with Crippen molar-refractivity contribution in [2.24, 2.45) is 0 Å². The van der Waals surface area contributed by atoms with Crippen LogP contribution in [-0.2, 0) is 4.74 Å². The first kappa shape index (κ1) is 18.2. The van der Waals surface area contributed by atoms with Crippen LogP contribution >= 0.6 is 11.6 Å². The standard InChI is InChI=1S/C17H16ClN5O2/c1-8-9(2)14(23-15(18)12(8)7-19)17(24)22-10-4-5-13(20)11(6-10)16(21)25-3/h4-6,21H,20H2,1-3H3,(H,22,24). The number of nitrogens with zero attached hydrogens (tertiary/aromatic N) is 2. The third-order valence-corrected chi connectivity index (χ3v) is 4.07. The van der Waals surface area contributed by atoms with Crippen LogP contribution in [0.5, 0.6) is 0 Å². The van der Waals surface area contributed by atoms with Crippen molar-refractivity contribution < 1.29 is 9.53 Å². The molecule has 1 amide bonds. The van der Waals surface area contributed by atoms with Crippen LogP contribution in [0.15, 0.2) is 18.2 Å². The lowest BCUT2D eigenvalue weighted by atomic mass is 10.0. The number of aromatic nitrogens is 1. The average molecular weight is 358 g/mol. The summed E-state index contributed by atoms with van der Waals surface area (Å²) in [5, 5.41) is 19.5. The second-order valence-corrected chi connectivity index (χ2v) is 5.64. The summed E-state index contributed by atoms with van der Waals surface area (Å²) in [7, 11) is 1.36. The predicted octanol–water partition coefficient (Wildman–Crippen LogP) is 3.03. The van der Waals surface area contributed by atoms with Gasteiger partial charge in [-0.1, -0.05) is 11.6 Å². The van der Waals surface area contributed by atoms with Gasteiger partial charge in [0.15, 0.2) is 0 Å². The molecule has 0 atom stereocenters. The number of carbonyl (C=O) groups is 1. The summed E-state index contributed by atoms with van der Waals surface area (Å²) in [5.41, 5.74) is 8.50. The molecular formula is C17H16ClN5O2. The van der Waals surface area contributed by atoms with E-state index >= 15 is 0 Å². The molecule has 8 heteroatoms. The molecule has 1 aromatic carbocycles. The summed E-state index contributed by atoms with van der Waals surface area (Å²) >= 11 is 5.99. The summed E-state index contributed by atoms with van der Waals surface area (Å²) in [5.74, 6) is -0.591. The number of pyridine rings is 1. The minimum absolute atomic E-state index is 0.0186. The van der Waals surface area contributed by atoms with Crippen molar-refractivity contribution in [3.05, 3.63) is 51.3 Å². The first-order valence-electron chi connectivity index (χ1n) is 7.20. The van der Waals surface area contributed by atoms with E-state index in [-0.39, 0.29) is 22.3 Å². The number of nitriles is 1. The molecule has 0 fully saturated rings. The Morgan fingerprint density at radius 1 is 1.40 bits per heavy atom. The normalized spacial score (nSPS) is 10.0. The molecule has 0 aliphatic rings. The SMILES string of the molecule is COC(=N)c1cc(NC(=O)c2nc(Cl)c(C#N)c(C)c2C)ccc1N. The second-order valence-electron chi connectivity index (χ2n) is 5.28. The molecule has 4 N–H and O–H groups in total. The van der Waals surface area contributed by atoms with E-state index in [1.54, 1.807) is 26.0 Å². The number of nitrogens with two attached hydrogens (primary N) is 1. The maximum atomic E-state index is 12.5. The quantitative estimate of drug-likeness (QED) is 0.337. The van der Waals surface area contributed by atoms with Gasteiger partial charge in [-0.2, -0.15) is 5.26 Å². The Kier molecular flexibility index (Phi) is 5.25. The highest BCUT2D eigenvalue weighted by Crippen LogP contribution is 2.24. The Morgan fingerprint density at radius 3 is 2.68 bits per heavy atom. The van der Waals surface area contributed by atoms with E-state index in [1.165, 1.54) is 13.2 Å². The lowest BCUT2D eigenvalue weighted by molar-refractivity contribution is 0.102. The van der Waals surface area contributed by atoms with Crippen LogP contribution in [0.3, 0.4) is 0 Å². The zero-order valence-electron chi connectivity index (χ0n) is 13.9. The number of amides is 1. The van der Waals surface area contributed by atoms with Crippen LogP contribution in [0.1, 0.15) is 32.7 Å². The van der Waals surface area contributed by atoms with E-state index in [4.69, 9.17) is 32.7 Å². The van der Waals surface area contributed by atoms with Crippen LogP contribution in [0.25, 0.3) is 0 Å². The molecule has 25 heavy (non-hydrogen) atoms. The van der Waals surface area contributed by atoms with E-state index in [2.05, 4.69) is 10.3 Å². The van der Waals surface area contributed by atoms with Gasteiger partial charge in [0.25, 0.3) is 5.91 Å². The van der Waals surface area contributed by atoms with Crippen molar-refractivity contribution in [2.45, 2.75) is 13.8 Å². The highest BCUT2D eigenvalue weighted by Gasteiger charge is 2.19. The molecule has 0 radical (unpaired) electrons. The number of carbonyl (C=O) groups excluding carboxylic acids is 1. The summed E-state index contributed by atoms with van der Waals surface area (Å²) in [6.07, 6.45) is 0. The molecule has 0 saturated heterocycles. The minimum atomic E-state index is -0.480. The molecule has 0 aliphatic heterocycles. The molecule has 0 unspecified atom stereocenters. The Balaban J connectivity index is 2.39. The molecule has 0 saturated carbocycles. The molecule has 2 aromatic rings. The molecule has 128 valence electrons. The van der Waals surface area contributed by atoms with Gasteiger partial charge in [-0.3, -0.25) is 10.2 Å². The first-order valence-corrected chi connectivity index (χ1v) is 7.58. The Morgan fingerprint density at radius 2 is 2.08 bits per heavy atom. The third kappa shape index (κ3) is 3.54. The molecule has 0 bridgehead atoms. The predicted molar refractivity (Wildman–Crippen MR) is 96.1 cm³/mol. The fourth-order valence-corrected chi connectivity index (χ4v) is 2.51. The largest absolute Gasteiger partial charge is 0.481 e. The number of nitrogen functional groups attached to an aromatic ring is 1. The summed E-state index contributed by atoms with van der Waals surface area (Å²) in [6.45, 7) is 3.41. The number of anilines is 2. The topological polar surface area (TPSA) is 125 Å². The Labute approximate surface area is 149 Å². The van der Waals surface area contributed by atoms with Crippen LogP contribution in [0.4, 0.5) is 11.4 Å². The Hall–Kier alpha value is -3.11. The monoisotopic (exact) mass is 357 g/mol. The fraction of sp³-hybridized carbons (Fsp3) is 0.176. The van der Waals surface area contributed by atoms with E-state index in [0.717, 1.165) is 0 Å². The van der Waals surface area contributed by atoms with Crippen molar-refractivity contribution in [3.63, 3.8) is 0 Å². The number of ether oxygens (including phenoxy) is 1. The summed E-state index contributed by atoms with van der Waals surface area (Å²) < 4.78 is 4.87. The van der Waals surface area contributed by atoms with Crippen LogP contribution < -0.4 is 11.1 Å². The van der Waals surface area contributed by atoms with Gasteiger partial charge in [-0.15, -0.1) is 0 Å². The third-order valence-electron chi connectivity index (χ3n) is 3.80. The smallest absolute Gasteiger partial charge is 0.274 e. The van der Waals surface area contributed by atoms with Crippen molar-refractivity contribution in [1.82, 2.24) is 4.98 Å². The van der Waals surface area contributed by atoms with E-state index in [1.807, 2.05) is 6.07 Å². The fourth-order valence-electron chi connectivity index (χ4n) is 2.24. The number of halogens is 1. The van der Waals surface area contributed by atoms with Gasteiger partial charge in [-0.05, 0) is 43.2 Å². The van der Waals surface area contributed by atoms with Crippen molar-refractivity contribution in [3.8, 4) is 6.07 Å². The van der Waals surface area contributed by atoms with E-state index < -0.39 is 5.91 Å². The maximum Gasteiger partial charge on any atom is 0.274 e. The average Bonchev–Trinajstić information content (AvgIpc) is 2.59. The van der Waals surface area contributed by atoms with Gasteiger partial charge in [0.05, 0.1) is 18.2 Å². The van der Waals surface area contributed by atoms with Crippen LogP contribution in [-0.4, -0.2) is 23.9 Å². The zero-order valence-corrected chi connectivity index (χ0v) is 14.7. The molecule has 0 aliphatic carbocycles. The van der Waals surface area contributed by atoms with E-state index in [9.17, 15) is 4.79 Å². The van der Waals surface area contributed by atoms with Crippen molar-refractivity contribution in [1.29, 1.82) is 10.7 Å². The summed E-state index contributed by atoms with van der Waals surface area (Å²) in [6, 6.07) is 6.68. The molecule has 1 heterocycles. The van der Waals surface area contributed by atoms with Gasteiger partial charge in [0, 0.05) is 11.4 Å². The number of rotatable bonds is 3. The van der Waals surface area contributed by atoms with Crippen LogP contribution in [0, 0.1) is 30.6 Å². The highest BCUT2D eigenvalue weighted by molar-refractivity contribution is 6.31. The lowest BCUT2D eigenvalue weighted by Gasteiger charge is -2.13. The Bertz CT molecular complexity index is 918. The molecule has 1 aromatic heterocycles. The summed E-state index contributed by atoms with van der Waals surface area (Å²) in [4.78, 5) is 16.6. The van der Waals surface area contributed by atoms with E-state index in [0.29, 0.717) is 28.1 Å². The highest BCUT2D eigenvalue weighted by atomic mass is 35.5. The van der Waals surface area contributed by atoms with Crippen LogP contribution in [0.2, 0.25) is 5.15 Å². The van der Waals surface area contributed by atoms with Gasteiger partial charge in [0.2, 0.25) is 5.90 Å². The molecule has 7 nitrogen and oxygen atoms in total. The molecular weight excluding hydrogens is 342 g/mol. The van der Waals surface area contributed by atoms with Crippen molar-refractivity contribution >= 4 is 34.8 Å². The number of methoxy groups -OCH3 is 1. The number of nitrogens with one attached hydrogen (secondary N) is 2. The number of hydrogen-bond donors (Lipinski definition) is 3. The molecule has 2 rings (SSSR count). The van der Waals surface area contributed by atoms with Gasteiger partial charge < -0.3 is 15.8 Å². The van der Waals surface area contributed by atoms with Gasteiger partial charge in [-0.25, -0.2) is 4.98 Å².